The molecule has 0 saturated carbocycles. The summed E-state index contributed by atoms with van der Waals surface area (Å²) in [6.45, 7) is 10.3. The highest BCUT2D eigenvalue weighted by molar-refractivity contribution is 7.18. The standard InChI is InChI=1S/C21H26N4OS/c1-13-11-18(12-14(2)22-13)26-17-7-9-25(10-8-17)15(3)19-5-6-20-21(24-19)23-16(4)27-20/h5-6,11-12,15,17H,7-10H2,1-4H3. The van der Waals surface area contributed by atoms with Crippen LogP contribution in [0, 0.1) is 20.8 Å². The van der Waals surface area contributed by atoms with E-state index in [0.717, 1.165) is 59.4 Å². The Kier molecular flexibility index (Phi) is 5.10. The minimum atomic E-state index is 0.270. The number of piperidine rings is 1. The molecule has 1 saturated heterocycles. The maximum atomic E-state index is 6.22. The molecule has 6 heteroatoms. The van der Waals surface area contributed by atoms with E-state index in [0.29, 0.717) is 6.04 Å². The number of rotatable bonds is 4. The molecule has 0 amide bonds. The van der Waals surface area contributed by atoms with Crippen molar-refractivity contribution in [3.8, 4) is 5.75 Å². The van der Waals surface area contributed by atoms with Gasteiger partial charge in [-0.1, -0.05) is 0 Å². The van der Waals surface area contributed by atoms with Crippen molar-refractivity contribution in [2.45, 2.75) is 52.7 Å². The molecule has 1 unspecified atom stereocenters. The number of likely N-dealkylation sites (tertiary alicyclic amines) is 1. The molecule has 0 aliphatic carbocycles. The number of aryl methyl sites for hydroxylation is 3. The van der Waals surface area contributed by atoms with Gasteiger partial charge in [0.05, 0.1) is 15.4 Å². The molecule has 0 bridgehead atoms. The number of hydrogen-bond acceptors (Lipinski definition) is 6. The first-order valence-electron chi connectivity index (χ1n) is 9.58. The van der Waals surface area contributed by atoms with E-state index < -0.39 is 0 Å². The monoisotopic (exact) mass is 382 g/mol. The smallest absolute Gasteiger partial charge is 0.170 e. The first kappa shape index (κ1) is 18.3. The average molecular weight is 383 g/mol. The Balaban J connectivity index is 1.38. The SMILES string of the molecule is Cc1cc(OC2CCN(C(C)c3ccc4sc(C)nc4n3)CC2)cc(C)n1. The first-order valence-corrected chi connectivity index (χ1v) is 10.4. The summed E-state index contributed by atoms with van der Waals surface area (Å²) < 4.78 is 7.39. The maximum Gasteiger partial charge on any atom is 0.170 e. The van der Waals surface area contributed by atoms with E-state index in [2.05, 4.69) is 33.9 Å². The van der Waals surface area contributed by atoms with Gasteiger partial charge in [0.25, 0.3) is 0 Å². The summed E-state index contributed by atoms with van der Waals surface area (Å²) in [5.74, 6) is 0.942. The third-order valence-electron chi connectivity index (χ3n) is 5.19. The van der Waals surface area contributed by atoms with E-state index in [1.165, 1.54) is 4.70 Å². The minimum absolute atomic E-state index is 0.270. The van der Waals surface area contributed by atoms with Crippen LogP contribution in [0.15, 0.2) is 24.3 Å². The Morgan fingerprint density at radius 1 is 1.04 bits per heavy atom. The van der Waals surface area contributed by atoms with Crippen molar-refractivity contribution in [3.05, 3.63) is 46.4 Å². The molecule has 0 radical (unpaired) electrons. The highest BCUT2D eigenvalue weighted by Gasteiger charge is 2.25. The van der Waals surface area contributed by atoms with E-state index in [9.17, 15) is 0 Å². The molecular weight excluding hydrogens is 356 g/mol. The predicted octanol–water partition coefficient (Wildman–Crippen LogP) is 4.62. The lowest BCUT2D eigenvalue weighted by molar-refractivity contribution is 0.0786. The van der Waals surface area contributed by atoms with E-state index in [1.807, 2.05) is 32.9 Å². The van der Waals surface area contributed by atoms with Crippen molar-refractivity contribution in [1.82, 2.24) is 19.9 Å². The van der Waals surface area contributed by atoms with Gasteiger partial charge in [-0.2, -0.15) is 0 Å². The second-order valence-electron chi connectivity index (χ2n) is 7.41. The molecule has 4 rings (SSSR count). The third-order valence-corrected chi connectivity index (χ3v) is 6.12. The molecule has 1 aliphatic rings. The molecule has 5 nitrogen and oxygen atoms in total. The van der Waals surface area contributed by atoms with Crippen molar-refractivity contribution >= 4 is 21.7 Å². The zero-order valence-corrected chi connectivity index (χ0v) is 17.2. The van der Waals surface area contributed by atoms with E-state index in [4.69, 9.17) is 9.72 Å². The lowest BCUT2D eigenvalue weighted by atomic mass is 10.0. The van der Waals surface area contributed by atoms with Crippen molar-refractivity contribution in [3.63, 3.8) is 0 Å². The number of nitrogens with zero attached hydrogens (tertiary/aromatic N) is 4. The zero-order chi connectivity index (χ0) is 19.0. The Labute approximate surface area is 164 Å². The summed E-state index contributed by atoms with van der Waals surface area (Å²) in [6, 6.07) is 8.65. The van der Waals surface area contributed by atoms with Crippen LogP contribution in [0.2, 0.25) is 0 Å². The quantitative estimate of drug-likeness (QED) is 0.659. The summed E-state index contributed by atoms with van der Waals surface area (Å²) in [5, 5.41) is 1.07. The summed E-state index contributed by atoms with van der Waals surface area (Å²) in [5.41, 5.74) is 4.00. The molecule has 1 atom stereocenters. The third kappa shape index (κ3) is 4.12. The molecule has 3 aromatic heterocycles. The number of ether oxygens (including phenoxy) is 1. The maximum absolute atomic E-state index is 6.22. The highest BCUT2D eigenvalue weighted by atomic mass is 32.1. The summed E-state index contributed by atoms with van der Waals surface area (Å²) in [4.78, 5) is 16.3. The van der Waals surface area contributed by atoms with E-state index >= 15 is 0 Å². The van der Waals surface area contributed by atoms with Gasteiger partial charge >= 0.3 is 0 Å². The molecule has 27 heavy (non-hydrogen) atoms. The Bertz CT molecular complexity index is 926. The van der Waals surface area contributed by atoms with Gasteiger partial charge in [-0.15, -0.1) is 11.3 Å². The Hall–Kier alpha value is -2.05. The predicted molar refractivity (Wildman–Crippen MR) is 110 cm³/mol. The summed E-state index contributed by atoms with van der Waals surface area (Å²) >= 11 is 1.70. The summed E-state index contributed by atoms with van der Waals surface area (Å²) in [6.07, 6.45) is 2.33. The van der Waals surface area contributed by atoms with Gasteiger partial charge in [0.15, 0.2) is 5.65 Å². The fraction of sp³-hybridized carbons (Fsp3) is 0.476. The molecular formula is C21H26N4OS. The lowest BCUT2D eigenvalue weighted by Crippen LogP contribution is -2.39. The zero-order valence-electron chi connectivity index (χ0n) is 16.4. The number of fused-ring (bicyclic) bond motifs is 1. The molecule has 0 spiro atoms. The normalized spacial score (nSPS) is 17.3. The van der Waals surface area contributed by atoms with Gasteiger partial charge in [0.1, 0.15) is 11.9 Å². The van der Waals surface area contributed by atoms with Crippen molar-refractivity contribution in [2.75, 3.05) is 13.1 Å². The van der Waals surface area contributed by atoms with Crippen LogP contribution in [0.3, 0.4) is 0 Å². The first-order chi connectivity index (χ1) is 13.0. The number of pyridine rings is 2. The number of hydrogen-bond donors (Lipinski definition) is 0. The lowest BCUT2D eigenvalue weighted by Gasteiger charge is -2.35. The van der Waals surface area contributed by atoms with Crippen LogP contribution in [-0.2, 0) is 0 Å². The molecule has 0 aromatic carbocycles. The Morgan fingerprint density at radius 3 is 2.44 bits per heavy atom. The van der Waals surface area contributed by atoms with Gasteiger partial charge in [-0.05, 0) is 52.7 Å². The molecule has 3 aromatic rings. The van der Waals surface area contributed by atoms with Crippen LogP contribution in [0.5, 0.6) is 5.75 Å². The molecule has 1 fully saturated rings. The van der Waals surface area contributed by atoms with E-state index in [1.54, 1.807) is 11.3 Å². The summed E-state index contributed by atoms with van der Waals surface area (Å²) in [7, 11) is 0. The van der Waals surface area contributed by atoms with Crippen molar-refractivity contribution in [1.29, 1.82) is 0 Å². The van der Waals surface area contributed by atoms with Crippen LogP contribution in [0.4, 0.5) is 0 Å². The number of thiazole rings is 1. The van der Waals surface area contributed by atoms with Crippen molar-refractivity contribution < 1.29 is 4.74 Å². The molecule has 1 aliphatic heterocycles. The van der Waals surface area contributed by atoms with Crippen LogP contribution in [-0.4, -0.2) is 39.0 Å². The molecule has 142 valence electrons. The van der Waals surface area contributed by atoms with Crippen LogP contribution >= 0.6 is 11.3 Å². The second-order valence-corrected chi connectivity index (χ2v) is 8.64. The van der Waals surface area contributed by atoms with Gasteiger partial charge < -0.3 is 4.74 Å². The van der Waals surface area contributed by atoms with Gasteiger partial charge in [-0.3, -0.25) is 9.88 Å². The van der Waals surface area contributed by atoms with E-state index in [-0.39, 0.29) is 6.10 Å². The topological polar surface area (TPSA) is 51.1 Å². The van der Waals surface area contributed by atoms with Gasteiger partial charge in [0.2, 0.25) is 0 Å². The molecule has 0 N–H and O–H groups in total. The minimum Gasteiger partial charge on any atom is -0.490 e. The fourth-order valence-corrected chi connectivity index (χ4v) is 4.57. The van der Waals surface area contributed by atoms with Crippen molar-refractivity contribution in [2.24, 2.45) is 0 Å². The van der Waals surface area contributed by atoms with Gasteiger partial charge in [0, 0.05) is 42.7 Å². The van der Waals surface area contributed by atoms with Crippen LogP contribution in [0.1, 0.15) is 47.9 Å². The Morgan fingerprint density at radius 2 is 1.74 bits per heavy atom. The number of aromatic nitrogens is 3. The highest BCUT2D eigenvalue weighted by Crippen LogP contribution is 2.28. The van der Waals surface area contributed by atoms with Crippen LogP contribution in [0.25, 0.3) is 10.3 Å². The second kappa shape index (κ2) is 7.52. The fourth-order valence-electron chi connectivity index (χ4n) is 3.80. The largest absolute Gasteiger partial charge is 0.490 e. The van der Waals surface area contributed by atoms with Crippen LogP contribution < -0.4 is 4.74 Å². The molecule has 4 heterocycles. The van der Waals surface area contributed by atoms with Gasteiger partial charge in [-0.25, -0.2) is 9.97 Å². The average Bonchev–Trinajstić information content (AvgIpc) is 3.00.